The summed E-state index contributed by atoms with van der Waals surface area (Å²) in [7, 11) is 0. The summed E-state index contributed by atoms with van der Waals surface area (Å²) in [5.41, 5.74) is 7.67. The lowest BCUT2D eigenvalue weighted by Crippen LogP contribution is -2.38. The first kappa shape index (κ1) is 13.4. The van der Waals surface area contributed by atoms with Crippen molar-refractivity contribution >= 4 is 0 Å². The number of hydrogen-bond donors (Lipinski definition) is 2. The van der Waals surface area contributed by atoms with Crippen LogP contribution < -0.4 is 11.0 Å². The highest BCUT2D eigenvalue weighted by Gasteiger charge is 2.12. The quantitative estimate of drug-likeness (QED) is 0.589. The minimum atomic E-state index is 1.13. The first-order chi connectivity index (χ1) is 7.88. The van der Waals surface area contributed by atoms with Crippen LogP contribution in [0.2, 0.25) is 0 Å². The predicted octanol–water partition coefficient (Wildman–Crippen LogP) is 3.31. The monoisotopic (exact) mass is 225 g/mol. The number of hydrogen-bond acceptors (Lipinski definition) is 3. The summed E-state index contributed by atoms with van der Waals surface area (Å²) in [5, 5.41) is 2.25. The van der Waals surface area contributed by atoms with Crippen LogP contribution in [0.5, 0.6) is 0 Å². The highest BCUT2D eigenvalue weighted by molar-refractivity contribution is 5.01. The van der Waals surface area contributed by atoms with E-state index in [0.717, 1.165) is 13.0 Å². The number of allylic oxidation sites excluding steroid dienone is 1. The van der Waals surface area contributed by atoms with E-state index in [1.807, 2.05) is 0 Å². The third-order valence-electron chi connectivity index (χ3n) is 3.03. The van der Waals surface area contributed by atoms with Crippen LogP contribution in [0.3, 0.4) is 0 Å². The van der Waals surface area contributed by atoms with E-state index in [4.69, 9.17) is 0 Å². The molecular formula is C13H27N3. The van der Waals surface area contributed by atoms with Gasteiger partial charge in [-0.15, -0.1) is 5.53 Å². The molecule has 0 saturated heterocycles. The summed E-state index contributed by atoms with van der Waals surface area (Å²) in [5.74, 6) is 0. The Morgan fingerprint density at radius 1 is 1.00 bits per heavy atom. The van der Waals surface area contributed by atoms with Crippen molar-refractivity contribution in [1.82, 2.24) is 16.0 Å². The Hall–Kier alpha value is -0.700. The van der Waals surface area contributed by atoms with E-state index < -0.39 is 0 Å². The van der Waals surface area contributed by atoms with Gasteiger partial charge in [0.1, 0.15) is 0 Å². The Kier molecular flexibility index (Phi) is 7.06. The Bertz CT molecular complexity index is 201. The Morgan fingerprint density at radius 3 is 2.50 bits per heavy atom. The SMILES string of the molecule is CCCCCCCCN1NNC=C1CCC. The number of nitrogens with zero attached hydrogens (tertiary/aromatic N) is 1. The van der Waals surface area contributed by atoms with E-state index in [1.54, 1.807) is 0 Å². The smallest absolute Gasteiger partial charge is 0.0482 e. The van der Waals surface area contributed by atoms with Gasteiger partial charge in [0.25, 0.3) is 0 Å². The molecule has 0 fully saturated rings. The standard InChI is InChI=1S/C13H27N3/c1-3-5-6-7-8-9-11-16-13(10-4-2)12-14-15-16/h12,14-15H,3-11H2,1-2H3. The fourth-order valence-electron chi connectivity index (χ4n) is 2.06. The minimum Gasteiger partial charge on any atom is -0.309 e. The van der Waals surface area contributed by atoms with Gasteiger partial charge in [0, 0.05) is 18.4 Å². The molecule has 1 heterocycles. The fourth-order valence-corrected chi connectivity index (χ4v) is 2.06. The average Bonchev–Trinajstić information content (AvgIpc) is 2.72. The molecule has 3 heteroatoms. The van der Waals surface area contributed by atoms with Gasteiger partial charge in [0.05, 0.1) is 0 Å². The zero-order valence-corrected chi connectivity index (χ0v) is 10.9. The molecule has 1 aliphatic rings. The maximum absolute atomic E-state index is 3.18. The molecule has 1 aliphatic heterocycles. The van der Waals surface area contributed by atoms with Crippen molar-refractivity contribution in [2.75, 3.05) is 6.54 Å². The number of nitrogens with one attached hydrogen (secondary N) is 2. The van der Waals surface area contributed by atoms with Crippen molar-refractivity contribution in [3.8, 4) is 0 Å². The van der Waals surface area contributed by atoms with E-state index in [9.17, 15) is 0 Å². The summed E-state index contributed by atoms with van der Waals surface area (Å²) in [6.45, 7) is 5.62. The molecule has 0 aromatic rings. The molecule has 0 bridgehead atoms. The zero-order chi connectivity index (χ0) is 11.6. The fraction of sp³-hybridized carbons (Fsp3) is 0.846. The van der Waals surface area contributed by atoms with Gasteiger partial charge in [-0.3, -0.25) is 5.01 Å². The molecule has 2 N–H and O–H groups in total. The second-order valence-corrected chi connectivity index (χ2v) is 4.56. The Balaban J connectivity index is 2.02. The number of unbranched alkanes of at least 4 members (excludes halogenated alkanes) is 5. The molecule has 0 aromatic carbocycles. The lowest BCUT2D eigenvalue weighted by molar-refractivity contribution is 0.238. The van der Waals surface area contributed by atoms with Crippen molar-refractivity contribution < 1.29 is 0 Å². The van der Waals surface area contributed by atoms with Gasteiger partial charge in [-0.25, -0.2) is 0 Å². The van der Waals surface area contributed by atoms with Gasteiger partial charge < -0.3 is 5.43 Å². The molecule has 16 heavy (non-hydrogen) atoms. The first-order valence-corrected chi connectivity index (χ1v) is 6.86. The molecule has 0 unspecified atom stereocenters. The molecule has 0 radical (unpaired) electrons. The van der Waals surface area contributed by atoms with Crippen LogP contribution in [0, 0.1) is 0 Å². The molecular weight excluding hydrogens is 198 g/mol. The van der Waals surface area contributed by atoms with Crippen LogP contribution in [-0.4, -0.2) is 11.6 Å². The second-order valence-electron chi connectivity index (χ2n) is 4.56. The second kappa shape index (κ2) is 8.45. The zero-order valence-electron chi connectivity index (χ0n) is 10.9. The summed E-state index contributed by atoms with van der Waals surface area (Å²) < 4.78 is 0. The molecule has 0 saturated carbocycles. The maximum atomic E-state index is 3.18. The van der Waals surface area contributed by atoms with Gasteiger partial charge in [-0.05, 0) is 12.8 Å². The van der Waals surface area contributed by atoms with E-state index in [1.165, 1.54) is 50.6 Å². The van der Waals surface area contributed by atoms with Crippen LogP contribution >= 0.6 is 0 Å². The van der Waals surface area contributed by atoms with Crippen LogP contribution in [0.15, 0.2) is 11.9 Å². The predicted molar refractivity (Wildman–Crippen MR) is 69.3 cm³/mol. The molecule has 1 rings (SSSR count). The summed E-state index contributed by atoms with van der Waals surface area (Å²) in [4.78, 5) is 0. The van der Waals surface area contributed by atoms with Crippen molar-refractivity contribution in [1.29, 1.82) is 0 Å². The van der Waals surface area contributed by atoms with Crippen molar-refractivity contribution in [3.63, 3.8) is 0 Å². The van der Waals surface area contributed by atoms with Gasteiger partial charge in [-0.1, -0.05) is 52.4 Å². The molecule has 0 aliphatic carbocycles. The highest BCUT2D eigenvalue weighted by Crippen LogP contribution is 2.13. The molecule has 94 valence electrons. The summed E-state index contributed by atoms with van der Waals surface area (Å²) in [6.07, 6.45) is 12.6. The topological polar surface area (TPSA) is 27.3 Å². The lowest BCUT2D eigenvalue weighted by atomic mass is 10.1. The van der Waals surface area contributed by atoms with Crippen LogP contribution in [0.25, 0.3) is 0 Å². The third-order valence-corrected chi connectivity index (χ3v) is 3.03. The maximum Gasteiger partial charge on any atom is 0.0482 e. The lowest BCUT2D eigenvalue weighted by Gasteiger charge is -2.20. The largest absolute Gasteiger partial charge is 0.309 e. The van der Waals surface area contributed by atoms with Gasteiger partial charge in [0.15, 0.2) is 0 Å². The Morgan fingerprint density at radius 2 is 1.75 bits per heavy atom. The van der Waals surface area contributed by atoms with Crippen LogP contribution in [0.4, 0.5) is 0 Å². The first-order valence-electron chi connectivity index (χ1n) is 6.86. The van der Waals surface area contributed by atoms with Gasteiger partial charge in [-0.2, -0.15) is 0 Å². The van der Waals surface area contributed by atoms with E-state index >= 15 is 0 Å². The average molecular weight is 225 g/mol. The number of rotatable bonds is 9. The van der Waals surface area contributed by atoms with Crippen molar-refractivity contribution in [3.05, 3.63) is 11.9 Å². The molecule has 0 aromatic heterocycles. The third kappa shape index (κ3) is 4.88. The molecule has 0 spiro atoms. The molecule has 0 amide bonds. The summed E-state index contributed by atoms with van der Waals surface area (Å²) in [6, 6.07) is 0. The van der Waals surface area contributed by atoms with Crippen molar-refractivity contribution in [2.24, 2.45) is 0 Å². The molecule has 3 nitrogen and oxygen atoms in total. The van der Waals surface area contributed by atoms with Crippen LogP contribution in [-0.2, 0) is 0 Å². The van der Waals surface area contributed by atoms with Gasteiger partial charge in [0.2, 0.25) is 0 Å². The summed E-state index contributed by atoms with van der Waals surface area (Å²) >= 11 is 0. The van der Waals surface area contributed by atoms with Crippen LogP contribution in [0.1, 0.15) is 65.2 Å². The highest BCUT2D eigenvalue weighted by atomic mass is 15.7. The minimum absolute atomic E-state index is 1.13. The van der Waals surface area contributed by atoms with E-state index in [2.05, 4.69) is 36.0 Å². The number of hydrazine groups is 2. The molecule has 0 atom stereocenters. The van der Waals surface area contributed by atoms with E-state index in [-0.39, 0.29) is 0 Å². The Labute approximate surface area is 100 Å². The van der Waals surface area contributed by atoms with Crippen molar-refractivity contribution in [2.45, 2.75) is 65.2 Å². The normalized spacial score (nSPS) is 15.1. The van der Waals surface area contributed by atoms with Gasteiger partial charge >= 0.3 is 0 Å². The van der Waals surface area contributed by atoms with E-state index in [0.29, 0.717) is 0 Å².